The predicted octanol–water partition coefficient (Wildman–Crippen LogP) is 3.40. The van der Waals surface area contributed by atoms with Crippen LogP contribution in [0.3, 0.4) is 0 Å². The number of hydrogen-bond donors (Lipinski definition) is 3. The fourth-order valence-corrected chi connectivity index (χ4v) is 3.00. The van der Waals surface area contributed by atoms with Crippen molar-refractivity contribution in [1.82, 2.24) is 0 Å². The van der Waals surface area contributed by atoms with Gasteiger partial charge in [-0.2, -0.15) is 0 Å². The van der Waals surface area contributed by atoms with Crippen molar-refractivity contribution in [3.05, 3.63) is 59.1 Å². The van der Waals surface area contributed by atoms with Crippen LogP contribution in [0.5, 0.6) is 0 Å². The van der Waals surface area contributed by atoms with E-state index in [-0.39, 0.29) is 5.91 Å². The van der Waals surface area contributed by atoms with Gasteiger partial charge in [-0.3, -0.25) is 4.79 Å². The Kier molecular flexibility index (Phi) is 5.58. The highest BCUT2D eigenvalue weighted by molar-refractivity contribution is 6.33. The molecule has 0 aliphatic carbocycles. The van der Waals surface area contributed by atoms with Crippen LogP contribution in [-0.4, -0.2) is 24.7 Å². The molecular weight excluding hydrogens is 338 g/mol. The van der Waals surface area contributed by atoms with Gasteiger partial charge in [0.25, 0.3) is 0 Å². The maximum Gasteiger partial charge on any atom is 0.244 e. The van der Waals surface area contributed by atoms with Gasteiger partial charge in [0.05, 0.1) is 10.7 Å². The quantitative estimate of drug-likeness (QED) is 0.764. The zero-order valence-electron chi connectivity index (χ0n) is 13.9. The van der Waals surface area contributed by atoms with Crippen LogP contribution in [0.15, 0.2) is 48.5 Å². The summed E-state index contributed by atoms with van der Waals surface area (Å²) in [4.78, 5) is 12.4. The third kappa shape index (κ3) is 4.51. The number of nitrogens with one attached hydrogen (secondary N) is 2. The predicted molar refractivity (Wildman–Crippen MR) is 101 cm³/mol. The Hall–Kier alpha value is -2.08. The number of anilines is 2. The van der Waals surface area contributed by atoms with Crippen LogP contribution in [0.4, 0.5) is 11.4 Å². The molecule has 0 atom stereocenters. The molecule has 1 fully saturated rings. The minimum absolute atomic E-state index is 0.197. The maximum atomic E-state index is 12.4. The van der Waals surface area contributed by atoms with Crippen LogP contribution in [0.1, 0.15) is 18.4 Å². The topological polar surface area (TPSA) is 76.4 Å². The molecule has 1 heterocycles. The first-order chi connectivity index (χ1) is 12.1. The van der Waals surface area contributed by atoms with Gasteiger partial charge in [0.1, 0.15) is 5.54 Å². The average molecular weight is 360 g/mol. The van der Waals surface area contributed by atoms with E-state index in [2.05, 4.69) is 10.6 Å². The summed E-state index contributed by atoms with van der Waals surface area (Å²) in [5.41, 5.74) is 7.93. The number of carbonyl (C=O) groups excluding carboxylic acids is 1. The Morgan fingerprint density at radius 3 is 2.56 bits per heavy atom. The number of rotatable bonds is 5. The van der Waals surface area contributed by atoms with Gasteiger partial charge >= 0.3 is 0 Å². The van der Waals surface area contributed by atoms with E-state index in [9.17, 15) is 4.79 Å². The highest BCUT2D eigenvalue weighted by Gasteiger charge is 2.35. The molecule has 4 N–H and O–H groups in total. The Labute approximate surface area is 152 Å². The molecule has 25 heavy (non-hydrogen) atoms. The Balaban J connectivity index is 1.62. The van der Waals surface area contributed by atoms with Crippen molar-refractivity contribution in [2.45, 2.75) is 24.9 Å². The van der Waals surface area contributed by atoms with E-state index in [0.717, 1.165) is 5.69 Å². The third-order valence-electron chi connectivity index (χ3n) is 4.39. The molecule has 132 valence electrons. The monoisotopic (exact) mass is 359 g/mol. The lowest BCUT2D eigenvalue weighted by atomic mass is 9.90. The van der Waals surface area contributed by atoms with Crippen molar-refractivity contribution in [1.29, 1.82) is 0 Å². The summed E-state index contributed by atoms with van der Waals surface area (Å²) in [6.07, 6.45) is 1.03. The fraction of sp³-hybridized carbons (Fsp3) is 0.316. The number of halogens is 1. The van der Waals surface area contributed by atoms with E-state index >= 15 is 0 Å². The normalized spacial score (nSPS) is 16.2. The van der Waals surface area contributed by atoms with Gasteiger partial charge in [-0.1, -0.05) is 41.9 Å². The Bertz CT molecular complexity index is 731. The lowest BCUT2D eigenvalue weighted by Gasteiger charge is -2.31. The summed E-state index contributed by atoms with van der Waals surface area (Å²) in [7, 11) is 0. The lowest BCUT2D eigenvalue weighted by Crippen LogP contribution is -2.54. The summed E-state index contributed by atoms with van der Waals surface area (Å²) in [6.45, 7) is 1.69. The first kappa shape index (κ1) is 17.7. The van der Waals surface area contributed by atoms with E-state index < -0.39 is 5.54 Å². The molecule has 6 heteroatoms. The Morgan fingerprint density at radius 1 is 1.16 bits per heavy atom. The molecule has 3 rings (SSSR count). The second-order valence-corrected chi connectivity index (χ2v) is 6.66. The van der Waals surface area contributed by atoms with Gasteiger partial charge in [-0.15, -0.1) is 0 Å². The average Bonchev–Trinajstić information content (AvgIpc) is 2.62. The number of carbonyl (C=O) groups is 1. The second kappa shape index (κ2) is 7.87. The lowest BCUT2D eigenvalue weighted by molar-refractivity contribution is -0.124. The molecule has 0 unspecified atom stereocenters. The number of benzene rings is 2. The molecule has 1 aliphatic rings. The fourth-order valence-electron chi connectivity index (χ4n) is 2.75. The first-order valence-electron chi connectivity index (χ1n) is 8.32. The highest BCUT2D eigenvalue weighted by atomic mass is 35.5. The van der Waals surface area contributed by atoms with Gasteiger partial charge < -0.3 is 21.1 Å². The van der Waals surface area contributed by atoms with Crippen LogP contribution < -0.4 is 16.4 Å². The molecular formula is C19H22ClN3O2. The van der Waals surface area contributed by atoms with Gasteiger partial charge in [0.15, 0.2) is 0 Å². The molecule has 0 radical (unpaired) electrons. The molecule has 1 saturated heterocycles. The standard InChI is InChI=1S/C19H22ClN3O2/c20-16-12-15(23-18(24)19(21)8-10-25-11-9-19)6-7-17(16)22-13-14-4-2-1-3-5-14/h1-7,12,22H,8-11,13,21H2,(H,23,24). The van der Waals surface area contributed by atoms with E-state index in [1.807, 2.05) is 42.5 Å². The van der Waals surface area contributed by atoms with Crippen molar-refractivity contribution in [3.63, 3.8) is 0 Å². The number of nitrogens with two attached hydrogens (primary N) is 1. The van der Waals surface area contributed by atoms with E-state index in [0.29, 0.717) is 43.3 Å². The van der Waals surface area contributed by atoms with Gasteiger partial charge in [-0.25, -0.2) is 0 Å². The summed E-state index contributed by atoms with van der Waals surface area (Å²) in [5.74, 6) is -0.197. The van der Waals surface area contributed by atoms with E-state index in [1.165, 1.54) is 5.56 Å². The van der Waals surface area contributed by atoms with Crippen LogP contribution in [-0.2, 0) is 16.1 Å². The van der Waals surface area contributed by atoms with Gasteiger partial charge in [-0.05, 0) is 36.6 Å². The minimum atomic E-state index is -0.880. The molecule has 0 spiro atoms. The van der Waals surface area contributed by atoms with Crippen molar-refractivity contribution >= 4 is 28.9 Å². The van der Waals surface area contributed by atoms with E-state index in [1.54, 1.807) is 6.07 Å². The van der Waals surface area contributed by atoms with Crippen molar-refractivity contribution in [2.75, 3.05) is 23.8 Å². The van der Waals surface area contributed by atoms with Crippen LogP contribution in [0.2, 0.25) is 5.02 Å². The van der Waals surface area contributed by atoms with E-state index in [4.69, 9.17) is 22.1 Å². The second-order valence-electron chi connectivity index (χ2n) is 6.26. The van der Waals surface area contributed by atoms with Crippen molar-refractivity contribution in [3.8, 4) is 0 Å². The Morgan fingerprint density at radius 2 is 1.88 bits per heavy atom. The molecule has 0 aromatic heterocycles. The molecule has 0 bridgehead atoms. The molecule has 2 aromatic carbocycles. The minimum Gasteiger partial charge on any atom is -0.381 e. The molecule has 1 amide bonds. The van der Waals surface area contributed by atoms with Crippen LogP contribution >= 0.6 is 11.6 Å². The molecule has 2 aromatic rings. The largest absolute Gasteiger partial charge is 0.381 e. The summed E-state index contributed by atoms with van der Waals surface area (Å²) in [6, 6.07) is 15.5. The third-order valence-corrected chi connectivity index (χ3v) is 4.70. The SMILES string of the molecule is NC1(C(=O)Nc2ccc(NCc3ccccc3)c(Cl)c2)CCOCC1. The maximum absolute atomic E-state index is 12.4. The first-order valence-corrected chi connectivity index (χ1v) is 8.70. The number of hydrogen-bond acceptors (Lipinski definition) is 4. The number of ether oxygens (including phenoxy) is 1. The number of amides is 1. The summed E-state index contributed by atoms with van der Waals surface area (Å²) >= 11 is 6.33. The molecule has 1 aliphatic heterocycles. The van der Waals surface area contributed by atoms with Crippen LogP contribution in [0, 0.1) is 0 Å². The highest BCUT2D eigenvalue weighted by Crippen LogP contribution is 2.27. The smallest absolute Gasteiger partial charge is 0.244 e. The zero-order chi connectivity index (χ0) is 17.7. The molecule has 0 saturated carbocycles. The molecule has 5 nitrogen and oxygen atoms in total. The zero-order valence-corrected chi connectivity index (χ0v) is 14.7. The van der Waals surface area contributed by atoms with Crippen molar-refractivity contribution < 1.29 is 9.53 Å². The van der Waals surface area contributed by atoms with Crippen molar-refractivity contribution in [2.24, 2.45) is 5.73 Å². The summed E-state index contributed by atoms with van der Waals surface area (Å²) in [5, 5.41) is 6.70. The van der Waals surface area contributed by atoms with Crippen LogP contribution in [0.25, 0.3) is 0 Å². The van der Waals surface area contributed by atoms with Gasteiger partial charge in [0, 0.05) is 25.4 Å². The van der Waals surface area contributed by atoms with Gasteiger partial charge in [0.2, 0.25) is 5.91 Å². The summed E-state index contributed by atoms with van der Waals surface area (Å²) < 4.78 is 5.27.